The van der Waals surface area contributed by atoms with Crippen LogP contribution in [-0.2, 0) is 0 Å². The van der Waals surface area contributed by atoms with Crippen LogP contribution in [0.2, 0.25) is 0 Å². The van der Waals surface area contributed by atoms with Crippen molar-refractivity contribution >= 4 is 12.4 Å². The molecule has 15 heavy (non-hydrogen) atoms. The van der Waals surface area contributed by atoms with Crippen molar-refractivity contribution in [2.45, 2.75) is 18.5 Å². The zero-order chi connectivity index (χ0) is 9.97. The van der Waals surface area contributed by atoms with E-state index in [1.807, 2.05) is 0 Å². The molecule has 84 valence electrons. The Balaban J connectivity index is 0.00000112. The van der Waals surface area contributed by atoms with Gasteiger partial charge >= 0.3 is 0 Å². The minimum atomic E-state index is -0.812. The van der Waals surface area contributed by atoms with E-state index in [0.29, 0.717) is 6.54 Å². The number of phenolic OH excluding ortho intramolecular Hbond substituents is 1. The number of hydrogen-bond acceptors (Lipinski definition) is 2. The summed E-state index contributed by atoms with van der Waals surface area (Å²) in [6, 6.07) is 6.84. The van der Waals surface area contributed by atoms with Crippen LogP contribution in [0.5, 0.6) is 5.75 Å². The molecule has 2 N–H and O–H groups in total. The average molecular weight is 232 g/mol. The highest BCUT2D eigenvalue weighted by Gasteiger charge is 2.25. The second-order valence-corrected chi connectivity index (χ2v) is 3.71. The van der Waals surface area contributed by atoms with Crippen molar-refractivity contribution in [2.24, 2.45) is 0 Å². The molecular weight excluding hydrogens is 217 g/mol. The van der Waals surface area contributed by atoms with Crippen LogP contribution in [0.3, 0.4) is 0 Å². The van der Waals surface area contributed by atoms with E-state index in [-0.39, 0.29) is 24.1 Å². The molecule has 0 bridgehead atoms. The van der Waals surface area contributed by atoms with Crippen molar-refractivity contribution in [3.8, 4) is 5.75 Å². The molecule has 0 unspecified atom stereocenters. The van der Waals surface area contributed by atoms with Crippen LogP contribution < -0.4 is 5.32 Å². The molecule has 1 fully saturated rings. The van der Waals surface area contributed by atoms with Crippen molar-refractivity contribution in [1.82, 2.24) is 5.32 Å². The van der Waals surface area contributed by atoms with E-state index in [4.69, 9.17) is 5.11 Å². The summed E-state index contributed by atoms with van der Waals surface area (Å²) in [5.41, 5.74) is 0.983. The fourth-order valence-corrected chi connectivity index (χ4v) is 1.92. The second-order valence-electron chi connectivity index (χ2n) is 3.71. The summed E-state index contributed by atoms with van der Waals surface area (Å²) < 4.78 is 13.5. The predicted molar refractivity (Wildman–Crippen MR) is 60.5 cm³/mol. The highest BCUT2D eigenvalue weighted by Crippen LogP contribution is 2.28. The van der Waals surface area contributed by atoms with E-state index in [1.165, 1.54) is 0 Å². The Labute approximate surface area is 94.9 Å². The largest absolute Gasteiger partial charge is 0.508 e. The molecular formula is C11H15ClFNO. The monoisotopic (exact) mass is 231 g/mol. The summed E-state index contributed by atoms with van der Waals surface area (Å²) in [5.74, 6) is 0.218. The first-order valence-corrected chi connectivity index (χ1v) is 4.91. The maximum atomic E-state index is 13.5. The van der Waals surface area contributed by atoms with E-state index in [0.717, 1.165) is 18.5 Å². The molecule has 2 atom stereocenters. The van der Waals surface area contributed by atoms with Crippen LogP contribution in [0.1, 0.15) is 17.9 Å². The Bertz CT molecular complexity index is 304. The molecule has 2 rings (SSSR count). The first kappa shape index (κ1) is 12.3. The number of aromatic hydroxyl groups is 1. The van der Waals surface area contributed by atoms with E-state index in [9.17, 15) is 4.39 Å². The third-order valence-corrected chi connectivity index (χ3v) is 2.73. The summed E-state index contributed by atoms with van der Waals surface area (Å²) in [5, 5.41) is 12.1. The van der Waals surface area contributed by atoms with Crippen LogP contribution >= 0.6 is 12.4 Å². The number of nitrogens with one attached hydrogen (secondary N) is 1. The Morgan fingerprint density at radius 1 is 1.27 bits per heavy atom. The van der Waals surface area contributed by atoms with Crippen LogP contribution in [0.25, 0.3) is 0 Å². The fraction of sp³-hybridized carbons (Fsp3) is 0.455. The lowest BCUT2D eigenvalue weighted by Crippen LogP contribution is -2.36. The molecule has 1 saturated heterocycles. The van der Waals surface area contributed by atoms with E-state index in [2.05, 4.69) is 5.32 Å². The molecule has 0 aliphatic carbocycles. The topological polar surface area (TPSA) is 32.3 Å². The van der Waals surface area contributed by atoms with Crippen molar-refractivity contribution in [3.05, 3.63) is 29.8 Å². The molecule has 1 heterocycles. The third kappa shape index (κ3) is 2.83. The van der Waals surface area contributed by atoms with Gasteiger partial charge in [-0.15, -0.1) is 12.4 Å². The number of piperidine rings is 1. The summed E-state index contributed by atoms with van der Waals surface area (Å²) in [4.78, 5) is 0. The van der Waals surface area contributed by atoms with Gasteiger partial charge in [-0.3, -0.25) is 0 Å². The summed E-state index contributed by atoms with van der Waals surface area (Å²) in [6.45, 7) is 1.30. The standard InChI is InChI=1S/C11H14FNO.ClH/c12-11-7-13-6-5-10(11)8-1-3-9(14)4-2-8;/h1-4,10-11,13-14H,5-7H2;1H/t10-,11+;/m0./s1. The molecule has 1 aliphatic rings. The van der Waals surface area contributed by atoms with Gasteiger partial charge in [0, 0.05) is 12.5 Å². The van der Waals surface area contributed by atoms with Crippen molar-refractivity contribution in [2.75, 3.05) is 13.1 Å². The average Bonchev–Trinajstić information content (AvgIpc) is 2.20. The highest BCUT2D eigenvalue weighted by molar-refractivity contribution is 5.85. The SMILES string of the molecule is Cl.Oc1ccc([C@@H]2CCNC[C@H]2F)cc1. The van der Waals surface area contributed by atoms with Crippen molar-refractivity contribution in [3.63, 3.8) is 0 Å². The normalized spacial score (nSPS) is 25.7. The Hall–Kier alpha value is -0.800. The predicted octanol–water partition coefficient (Wildman–Crippen LogP) is 2.23. The number of alkyl halides is 1. The lowest BCUT2D eigenvalue weighted by atomic mass is 9.89. The molecule has 2 nitrogen and oxygen atoms in total. The molecule has 1 aliphatic heterocycles. The third-order valence-electron chi connectivity index (χ3n) is 2.73. The molecule has 0 radical (unpaired) electrons. The van der Waals surface area contributed by atoms with Crippen LogP contribution in [0.4, 0.5) is 4.39 Å². The summed E-state index contributed by atoms with van der Waals surface area (Å²) in [7, 11) is 0. The molecule has 0 spiro atoms. The Morgan fingerprint density at radius 3 is 2.53 bits per heavy atom. The van der Waals surface area contributed by atoms with Gasteiger partial charge in [0.05, 0.1) is 0 Å². The van der Waals surface area contributed by atoms with Gasteiger partial charge in [0.15, 0.2) is 0 Å². The lowest BCUT2D eigenvalue weighted by Gasteiger charge is -2.26. The second kappa shape index (κ2) is 5.33. The van der Waals surface area contributed by atoms with Gasteiger partial charge in [0.25, 0.3) is 0 Å². The molecule has 1 aromatic rings. The molecule has 0 amide bonds. The van der Waals surface area contributed by atoms with E-state index in [1.54, 1.807) is 24.3 Å². The minimum absolute atomic E-state index is 0. The number of halogens is 2. The van der Waals surface area contributed by atoms with Gasteiger partial charge in [-0.05, 0) is 30.7 Å². The van der Waals surface area contributed by atoms with Crippen LogP contribution in [0, 0.1) is 0 Å². The minimum Gasteiger partial charge on any atom is -0.508 e. The molecule has 0 saturated carbocycles. The first-order valence-electron chi connectivity index (χ1n) is 4.91. The first-order chi connectivity index (χ1) is 6.77. The molecule has 4 heteroatoms. The zero-order valence-electron chi connectivity index (χ0n) is 8.32. The van der Waals surface area contributed by atoms with Gasteiger partial charge in [-0.2, -0.15) is 0 Å². The van der Waals surface area contributed by atoms with E-state index < -0.39 is 6.17 Å². The maximum Gasteiger partial charge on any atom is 0.119 e. The van der Waals surface area contributed by atoms with Gasteiger partial charge in [-0.1, -0.05) is 12.1 Å². The number of rotatable bonds is 1. The zero-order valence-corrected chi connectivity index (χ0v) is 9.14. The Morgan fingerprint density at radius 2 is 1.93 bits per heavy atom. The maximum absolute atomic E-state index is 13.5. The van der Waals surface area contributed by atoms with Gasteiger partial charge in [0.1, 0.15) is 11.9 Å². The van der Waals surface area contributed by atoms with E-state index >= 15 is 0 Å². The summed E-state index contributed by atoms with van der Waals surface area (Å²) >= 11 is 0. The van der Waals surface area contributed by atoms with Gasteiger partial charge in [-0.25, -0.2) is 4.39 Å². The number of phenols is 1. The smallest absolute Gasteiger partial charge is 0.119 e. The number of benzene rings is 1. The number of hydrogen-bond donors (Lipinski definition) is 2. The quantitative estimate of drug-likeness (QED) is 0.777. The van der Waals surface area contributed by atoms with Gasteiger partial charge < -0.3 is 10.4 Å². The lowest BCUT2D eigenvalue weighted by molar-refractivity contribution is 0.231. The van der Waals surface area contributed by atoms with Crippen LogP contribution in [-0.4, -0.2) is 24.4 Å². The van der Waals surface area contributed by atoms with Crippen molar-refractivity contribution < 1.29 is 9.50 Å². The summed E-state index contributed by atoms with van der Waals surface area (Å²) in [6.07, 6.45) is 0.0136. The molecule has 0 aromatic heterocycles. The Kier molecular flexibility index (Phi) is 4.36. The van der Waals surface area contributed by atoms with Crippen LogP contribution in [0.15, 0.2) is 24.3 Å². The molecule has 1 aromatic carbocycles. The van der Waals surface area contributed by atoms with Crippen molar-refractivity contribution in [1.29, 1.82) is 0 Å². The fourth-order valence-electron chi connectivity index (χ4n) is 1.92. The highest BCUT2D eigenvalue weighted by atomic mass is 35.5. The van der Waals surface area contributed by atoms with Gasteiger partial charge in [0.2, 0.25) is 0 Å².